The van der Waals surface area contributed by atoms with E-state index in [2.05, 4.69) is 11.9 Å². The fourth-order valence-corrected chi connectivity index (χ4v) is 0.692. The molecular formula is C10H19NO3. The molecule has 0 aliphatic rings. The van der Waals surface area contributed by atoms with E-state index in [4.69, 9.17) is 9.84 Å². The van der Waals surface area contributed by atoms with Crippen molar-refractivity contribution in [1.29, 1.82) is 0 Å². The number of hydrogen-bond acceptors (Lipinski definition) is 3. The number of ether oxygens (including phenoxy) is 1. The quantitative estimate of drug-likeness (QED) is 0.679. The first kappa shape index (κ1) is 13.0. The van der Waals surface area contributed by atoms with Gasteiger partial charge in [-0.25, -0.2) is 4.79 Å². The summed E-state index contributed by atoms with van der Waals surface area (Å²) < 4.78 is 5.03. The van der Waals surface area contributed by atoms with Crippen molar-refractivity contribution in [2.75, 3.05) is 6.61 Å². The van der Waals surface area contributed by atoms with Crippen LogP contribution in [0.3, 0.4) is 0 Å². The Morgan fingerprint density at radius 2 is 2.00 bits per heavy atom. The van der Waals surface area contributed by atoms with E-state index in [0.717, 1.165) is 0 Å². The largest absolute Gasteiger partial charge is 0.444 e. The Balaban J connectivity index is 4.25. The van der Waals surface area contributed by atoms with Crippen molar-refractivity contribution in [3.8, 4) is 0 Å². The summed E-state index contributed by atoms with van der Waals surface area (Å²) in [7, 11) is 0. The summed E-state index contributed by atoms with van der Waals surface area (Å²) in [6, 6.07) is 0. The standard InChI is InChI=1S/C10H19NO3/c1-6-10(5,7-12)11-8(13)14-9(2,3)4/h6,12H,1,7H2,2-5H3,(H,11,13)/t10-/m1/s1. The molecule has 0 spiro atoms. The number of nitrogens with one attached hydrogen (secondary N) is 1. The van der Waals surface area contributed by atoms with Crippen molar-refractivity contribution < 1.29 is 14.6 Å². The SMILES string of the molecule is C=C[C@](C)(CO)NC(=O)OC(C)(C)C. The van der Waals surface area contributed by atoms with E-state index in [0.29, 0.717) is 0 Å². The van der Waals surface area contributed by atoms with E-state index in [9.17, 15) is 4.79 Å². The number of hydrogen-bond donors (Lipinski definition) is 2. The third-order valence-corrected chi connectivity index (χ3v) is 1.57. The van der Waals surface area contributed by atoms with Crippen LogP contribution in [0.2, 0.25) is 0 Å². The summed E-state index contributed by atoms with van der Waals surface area (Å²) in [6.07, 6.45) is 0.908. The second-order valence-electron chi connectivity index (χ2n) is 4.41. The molecular weight excluding hydrogens is 182 g/mol. The van der Waals surface area contributed by atoms with Crippen molar-refractivity contribution in [1.82, 2.24) is 5.32 Å². The maximum Gasteiger partial charge on any atom is 0.408 e. The predicted molar refractivity (Wildman–Crippen MR) is 55.1 cm³/mol. The van der Waals surface area contributed by atoms with Gasteiger partial charge in [0.25, 0.3) is 0 Å². The van der Waals surface area contributed by atoms with Gasteiger partial charge in [0.05, 0.1) is 12.1 Å². The zero-order chi connectivity index (χ0) is 11.4. The Hall–Kier alpha value is -1.03. The molecule has 1 atom stereocenters. The van der Waals surface area contributed by atoms with Gasteiger partial charge in [-0.3, -0.25) is 0 Å². The Bertz CT molecular complexity index is 220. The minimum absolute atomic E-state index is 0.213. The molecule has 0 saturated carbocycles. The van der Waals surface area contributed by atoms with Gasteiger partial charge in [-0.2, -0.15) is 0 Å². The van der Waals surface area contributed by atoms with Gasteiger partial charge < -0.3 is 15.2 Å². The van der Waals surface area contributed by atoms with E-state index in [1.807, 2.05) is 0 Å². The van der Waals surface area contributed by atoms with Crippen LogP contribution in [-0.4, -0.2) is 28.9 Å². The van der Waals surface area contributed by atoms with Gasteiger partial charge in [0, 0.05) is 0 Å². The number of rotatable bonds is 3. The molecule has 0 bridgehead atoms. The minimum Gasteiger partial charge on any atom is -0.444 e. The molecule has 0 rings (SSSR count). The maximum atomic E-state index is 11.3. The average molecular weight is 201 g/mol. The molecule has 0 saturated heterocycles. The van der Waals surface area contributed by atoms with Crippen LogP contribution < -0.4 is 5.32 Å². The Kier molecular flexibility index (Phi) is 4.13. The lowest BCUT2D eigenvalue weighted by Crippen LogP contribution is -2.48. The van der Waals surface area contributed by atoms with E-state index in [-0.39, 0.29) is 6.61 Å². The number of aliphatic hydroxyl groups excluding tert-OH is 1. The van der Waals surface area contributed by atoms with Gasteiger partial charge in [-0.15, -0.1) is 6.58 Å². The summed E-state index contributed by atoms with van der Waals surface area (Å²) in [5, 5.41) is 11.5. The summed E-state index contributed by atoms with van der Waals surface area (Å²) in [5.74, 6) is 0. The molecule has 0 fully saturated rings. The smallest absolute Gasteiger partial charge is 0.408 e. The highest BCUT2D eigenvalue weighted by atomic mass is 16.6. The van der Waals surface area contributed by atoms with Crippen LogP contribution in [0, 0.1) is 0 Å². The number of carbonyl (C=O) groups excluding carboxylic acids is 1. The fraction of sp³-hybridized carbons (Fsp3) is 0.700. The van der Waals surface area contributed by atoms with Crippen molar-refractivity contribution in [2.24, 2.45) is 0 Å². The molecule has 14 heavy (non-hydrogen) atoms. The minimum atomic E-state index is -0.831. The summed E-state index contributed by atoms with van der Waals surface area (Å²) in [6.45, 7) is 10.3. The lowest BCUT2D eigenvalue weighted by atomic mass is 10.1. The van der Waals surface area contributed by atoms with Crippen LogP contribution >= 0.6 is 0 Å². The van der Waals surface area contributed by atoms with Gasteiger partial charge in [-0.05, 0) is 27.7 Å². The van der Waals surface area contributed by atoms with Gasteiger partial charge in [0.2, 0.25) is 0 Å². The highest BCUT2D eigenvalue weighted by Gasteiger charge is 2.25. The summed E-state index contributed by atoms with van der Waals surface area (Å²) >= 11 is 0. The highest BCUT2D eigenvalue weighted by molar-refractivity contribution is 5.69. The molecule has 0 aromatic rings. The van der Waals surface area contributed by atoms with E-state index < -0.39 is 17.2 Å². The molecule has 0 heterocycles. The molecule has 0 radical (unpaired) electrons. The van der Waals surface area contributed by atoms with Gasteiger partial charge >= 0.3 is 6.09 Å². The van der Waals surface area contributed by atoms with E-state index in [1.165, 1.54) is 6.08 Å². The van der Waals surface area contributed by atoms with Crippen LogP contribution in [0.5, 0.6) is 0 Å². The monoisotopic (exact) mass is 201 g/mol. The molecule has 0 aliphatic carbocycles. The lowest BCUT2D eigenvalue weighted by molar-refractivity contribution is 0.0452. The molecule has 4 nitrogen and oxygen atoms in total. The third kappa shape index (κ3) is 4.87. The molecule has 82 valence electrons. The average Bonchev–Trinajstić information content (AvgIpc) is 2.00. The fourth-order valence-electron chi connectivity index (χ4n) is 0.692. The van der Waals surface area contributed by atoms with Crippen LogP contribution in [0.15, 0.2) is 12.7 Å². The number of alkyl carbamates (subject to hydrolysis) is 1. The molecule has 0 aromatic heterocycles. The van der Waals surface area contributed by atoms with E-state index >= 15 is 0 Å². The lowest BCUT2D eigenvalue weighted by Gasteiger charge is -2.27. The Morgan fingerprint density at radius 1 is 1.50 bits per heavy atom. The van der Waals surface area contributed by atoms with Crippen molar-refractivity contribution in [3.05, 3.63) is 12.7 Å². The van der Waals surface area contributed by atoms with Crippen LogP contribution in [0.25, 0.3) is 0 Å². The third-order valence-electron chi connectivity index (χ3n) is 1.57. The first-order chi connectivity index (χ1) is 6.22. The second-order valence-corrected chi connectivity index (χ2v) is 4.41. The van der Waals surface area contributed by atoms with Gasteiger partial charge in [0.1, 0.15) is 5.60 Å². The molecule has 1 amide bonds. The van der Waals surface area contributed by atoms with Gasteiger partial charge in [0.15, 0.2) is 0 Å². The first-order valence-electron chi connectivity index (χ1n) is 4.48. The highest BCUT2D eigenvalue weighted by Crippen LogP contribution is 2.09. The molecule has 2 N–H and O–H groups in total. The van der Waals surface area contributed by atoms with Crippen LogP contribution in [0.1, 0.15) is 27.7 Å². The van der Waals surface area contributed by atoms with Crippen molar-refractivity contribution in [3.63, 3.8) is 0 Å². The van der Waals surface area contributed by atoms with E-state index in [1.54, 1.807) is 27.7 Å². The van der Waals surface area contributed by atoms with Crippen molar-refractivity contribution >= 4 is 6.09 Å². The number of carbonyl (C=O) groups is 1. The number of aliphatic hydroxyl groups is 1. The zero-order valence-electron chi connectivity index (χ0n) is 9.26. The molecule has 4 heteroatoms. The summed E-state index contributed by atoms with van der Waals surface area (Å²) in [4.78, 5) is 11.3. The zero-order valence-corrected chi connectivity index (χ0v) is 9.26. The second kappa shape index (κ2) is 4.46. The first-order valence-corrected chi connectivity index (χ1v) is 4.48. The van der Waals surface area contributed by atoms with Crippen LogP contribution in [0.4, 0.5) is 4.79 Å². The normalized spacial score (nSPS) is 15.5. The summed E-state index contributed by atoms with van der Waals surface area (Å²) in [5.41, 5.74) is -1.37. The Labute approximate surface area is 85.0 Å². The maximum absolute atomic E-state index is 11.3. The molecule has 0 aliphatic heterocycles. The topological polar surface area (TPSA) is 58.6 Å². The molecule has 0 unspecified atom stereocenters. The number of amides is 1. The van der Waals surface area contributed by atoms with Gasteiger partial charge in [-0.1, -0.05) is 6.08 Å². The Morgan fingerprint density at radius 3 is 2.29 bits per heavy atom. The van der Waals surface area contributed by atoms with Crippen molar-refractivity contribution in [2.45, 2.75) is 38.8 Å². The molecule has 0 aromatic carbocycles. The predicted octanol–water partition coefficient (Wildman–Crippen LogP) is 1.45. The van der Waals surface area contributed by atoms with Crippen LogP contribution in [-0.2, 0) is 4.74 Å².